The van der Waals surface area contributed by atoms with Crippen LogP contribution >= 0.6 is 23.5 Å². The van der Waals surface area contributed by atoms with Crippen LogP contribution < -0.4 is 15.8 Å². The van der Waals surface area contributed by atoms with Crippen molar-refractivity contribution in [2.45, 2.75) is 48.3 Å². The highest BCUT2D eigenvalue weighted by atomic mass is 35.5. The normalized spacial score (nSPS) is 23.4. The molecule has 0 radical (unpaired) electrons. The molecule has 1 unspecified atom stereocenters. The molecule has 2 aromatic carbocycles. The second-order valence-corrected chi connectivity index (χ2v) is 10.2. The maximum absolute atomic E-state index is 16.2. The number of rotatable bonds is 6. The predicted molar refractivity (Wildman–Crippen MR) is 134 cm³/mol. The Morgan fingerprint density at radius 1 is 1.25 bits per heavy atom. The van der Waals surface area contributed by atoms with Gasteiger partial charge in [-0.05, 0) is 67.1 Å². The highest BCUT2D eigenvalue weighted by Crippen LogP contribution is 2.37. The summed E-state index contributed by atoms with van der Waals surface area (Å²) in [6.07, 6.45) is 2.07. The van der Waals surface area contributed by atoms with Gasteiger partial charge in [-0.1, -0.05) is 48.0 Å². The summed E-state index contributed by atoms with van der Waals surface area (Å²) in [6, 6.07) is 12.9. The number of carbonyl (C=O) groups excluding carboxylic acids is 3. The third kappa shape index (κ3) is 4.96. The van der Waals surface area contributed by atoms with Crippen LogP contribution in [0.1, 0.15) is 30.9 Å². The van der Waals surface area contributed by atoms with Gasteiger partial charge in [-0.15, -0.1) is 0 Å². The van der Waals surface area contributed by atoms with Crippen molar-refractivity contribution in [1.29, 1.82) is 0 Å². The van der Waals surface area contributed by atoms with E-state index in [1.807, 2.05) is 24.3 Å². The molecule has 2 aromatic rings. The third-order valence-electron chi connectivity index (χ3n) is 6.43. The van der Waals surface area contributed by atoms with Gasteiger partial charge in [0.1, 0.15) is 5.54 Å². The van der Waals surface area contributed by atoms with Gasteiger partial charge >= 0.3 is 0 Å². The molecular formula is C26H24ClF2N3O3S. The second-order valence-electron chi connectivity index (χ2n) is 8.92. The molecule has 0 aromatic heterocycles. The van der Waals surface area contributed by atoms with E-state index in [-0.39, 0.29) is 22.6 Å². The van der Waals surface area contributed by atoms with Crippen LogP contribution in [0.15, 0.2) is 77.0 Å². The number of benzene rings is 2. The fraction of sp³-hybridized carbons (Fsp3) is 0.269. The minimum absolute atomic E-state index is 0.0355. The number of ketones is 1. The molecule has 2 amide bonds. The summed E-state index contributed by atoms with van der Waals surface area (Å²) < 4.78 is 33.8. The summed E-state index contributed by atoms with van der Waals surface area (Å²) in [5, 5.41) is 2.75. The van der Waals surface area contributed by atoms with E-state index in [0.717, 1.165) is 22.6 Å². The first-order chi connectivity index (χ1) is 17.0. The van der Waals surface area contributed by atoms with E-state index in [1.165, 1.54) is 18.9 Å². The number of alkyl halides is 1. The van der Waals surface area contributed by atoms with Gasteiger partial charge in [0.25, 0.3) is 0 Å². The van der Waals surface area contributed by atoms with E-state index in [9.17, 15) is 18.8 Å². The molecule has 10 heteroatoms. The van der Waals surface area contributed by atoms with Gasteiger partial charge < -0.3 is 11.1 Å². The first-order valence-electron chi connectivity index (χ1n) is 11.2. The molecule has 0 spiro atoms. The van der Waals surface area contributed by atoms with Crippen molar-refractivity contribution in [2.75, 3.05) is 0 Å². The lowest BCUT2D eigenvalue weighted by Gasteiger charge is -2.32. The van der Waals surface area contributed by atoms with Gasteiger partial charge in [-0.2, -0.15) is 0 Å². The molecule has 188 valence electrons. The van der Waals surface area contributed by atoms with Crippen LogP contribution in [-0.2, 0) is 26.3 Å². The quantitative estimate of drug-likeness (QED) is 0.484. The van der Waals surface area contributed by atoms with Gasteiger partial charge in [0, 0.05) is 15.5 Å². The average molecular weight is 532 g/mol. The molecule has 6 nitrogen and oxygen atoms in total. The topological polar surface area (TPSA) is 101 Å². The molecule has 0 saturated heterocycles. The van der Waals surface area contributed by atoms with Crippen molar-refractivity contribution < 1.29 is 23.2 Å². The number of allylic oxidation sites excluding steroid dienone is 2. The Morgan fingerprint density at radius 2 is 1.94 bits per heavy atom. The van der Waals surface area contributed by atoms with Crippen molar-refractivity contribution in [3.8, 4) is 0 Å². The lowest BCUT2D eigenvalue weighted by atomic mass is 9.82. The molecule has 1 heterocycles. The number of amides is 2. The van der Waals surface area contributed by atoms with E-state index in [4.69, 9.17) is 17.3 Å². The van der Waals surface area contributed by atoms with Crippen LogP contribution in [-0.4, -0.2) is 29.3 Å². The van der Waals surface area contributed by atoms with Crippen molar-refractivity contribution in [1.82, 2.24) is 10.0 Å². The van der Waals surface area contributed by atoms with E-state index in [0.29, 0.717) is 6.42 Å². The second kappa shape index (κ2) is 10.2. The van der Waals surface area contributed by atoms with E-state index in [1.54, 1.807) is 24.3 Å². The Hall–Kier alpha value is -3.01. The zero-order chi connectivity index (χ0) is 26.1. The van der Waals surface area contributed by atoms with Gasteiger partial charge in [0.2, 0.25) is 23.3 Å². The number of primary amides is 1. The van der Waals surface area contributed by atoms with Crippen LogP contribution in [0.2, 0.25) is 5.02 Å². The summed E-state index contributed by atoms with van der Waals surface area (Å²) in [6.45, 7) is 1.40. The smallest absolute Gasteiger partial charge is 0.247 e. The number of aryl methyl sites for hydroxylation is 1. The average Bonchev–Trinajstić information content (AvgIpc) is 3.06. The van der Waals surface area contributed by atoms with Gasteiger partial charge in [-0.25, -0.2) is 8.78 Å². The van der Waals surface area contributed by atoms with Crippen molar-refractivity contribution in [3.63, 3.8) is 0 Å². The van der Waals surface area contributed by atoms with Gasteiger partial charge in [-0.3, -0.25) is 19.1 Å². The number of fused-ring (bicyclic) bond motifs is 1. The molecule has 0 saturated carbocycles. The minimum atomic E-state index is -2.70. The zero-order valence-corrected chi connectivity index (χ0v) is 20.9. The Morgan fingerprint density at radius 3 is 2.67 bits per heavy atom. The fourth-order valence-electron chi connectivity index (χ4n) is 4.39. The summed E-state index contributed by atoms with van der Waals surface area (Å²) in [5.74, 6) is -4.16. The first kappa shape index (κ1) is 26.1. The number of hydrogen-bond donors (Lipinski definition) is 3. The number of halogens is 3. The Balaban J connectivity index is 1.56. The standard InChI is InChI=1S/C26H24ClF2N3O3S/c1-25(24(30)35,17-7-3-4-8-18(17)27)31-22(33)13-15-12-19(28)23(34)26(29,14-15)21-11-10-16-6-2-5-9-20(16)36-32-21/h2-9,12,14,21,32H,10-11,13H2,1H3,(H2,30,35)(H,31,33)/t21-,25-,26?/m1/s1. The monoisotopic (exact) mass is 531 g/mol. The molecule has 0 fully saturated rings. The number of Topliss-reactive ketones (excluding diaryl/α,β-unsaturated/α-hetero) is 1. The molecule has 4 rings (SSSR count). The molecule has 2 aliphatic rings. The molecule has 1 aliphatic carbocycles. The Bertz CT molecular complexity index is 1270. The lowest BCUT2D eigenvalue weighted by Crippen LogP contribution is -2.53. The SMILES string of the molecule is C[C@](NC(=O)CC1=CC(F)([C@H]2CCc3ccccc3SN2)C(=O)C(F)=C1)(C(N)=O)c1ccccc1Cl. The van der Waals surface area contributed by atoms with Crippen molar-refractivity contribution in [2.24, 2.45) is 5.73 Å². The van der Waals surface area contributed by atoms with E-state index >= 15 is 4.39 Å². The van der Waals surface area contributed by atoms with Crippen LogP contribution in [0.5, 0.6) is 0 Å². The van der Waals surface area contributed by atoms with Crippen molar-refractivity contribution >= 4 is 41.1 Å². The number of nitrogens with two attached hydrogens (primary N) is 1. The maximum atomic E-state index is 16.2. The molecule has 1 aliphatic heterocycles. The number of nitrogens with one attached hydrogen (secondary N) is 2. The van der Waals surface area contributed by atoms with Crippen LogP contribution in [0, 0.1) is 0 Å². The lowest BCUT2D eigenvalue weighted by molar-refractivity contribution is -0.131. The van der Waals surface area contributed by atoms with Gasteiger partial charge in [0.05, 0.1) is 12.5 Å². The minimum Gasteiger partial charge on any atom is -0.367 e. The highest BCUT2D eigenvalue weighted by molar-refractivity contribution is 7.97. The first-order valence-corrected chi connectivity index (χ1v) is 12.4. The summed E-state index contributed by atoms with van der Waals surface area (Å²) in [5.41, 5.74) is 2.45. The summed E-state index contributed by atoms with van der Waals surface area (Å²) in [4.78, 5) is 38.7. The fourth-order valence-corrected chi connectivity index (χ4v) is 5.72. The third-order valence-corrected chi connectivity index (χ3v) is 7.78. The molecule has 3 atom stereocenters. The van der Waals surface area contributed by atoms with Crippen LogP contribution in [0.4, 0.5) is 8.78 Å². The molecular weight excluding hydrogens is 508 g/mol. The molecule has 0 bridgehead atoms. The molecule has 36 heavy (non-hydrogen) atoms. The van der Waals surface area contributed by atoms with E-state index < -0.39 is 47.1 Å². The Labute approximate surface area is 216 Å². The number of carbonyl (C=O) groups is 3. The Kier molecular flexibility index (Phi) is 7.36. The van der Waals surface area contributed by atoms with Crippen LogP contribution in [0.25, 0.3) is 0 Å². The van der Waals surface area contributed by atoms with Crippen LogP contribution in [0.3, 0.4) is 0 Å². The predicted octanol–water partition coefficient (Wildman–Crippen LogP) is 4.23. The largest absolute Gasteiger partial charge is 0.367 e. The summed E-state index contributed by atoms with van der Waals surface area (Å²) >= 11 is 7.39. The maximum Gasteiger partial charge on any atom is 0.247 e. The van der Waals surface area contributed by atoms with E-state index in [2.05, 4.69) is 10.0 Å². The molecule has 4 N–H and O–H groups in total. The van der Waals surface area contributed by atoms with Crippen molar-refractivity contribution in [3.05, 3.63) is 88.2 Å². The number of hydrogen-bond acceptors (Lipinski definition) is 5. The highest BCUT2D eigenvalue weighted by Gasteiger charge is 2.49. The summed E-state index contributed by atoms with van der Waals surface area (Å²) in [7, 11) is 0. The zero-order valence-electron chi connectivity index (χ0n) is 19.3. The van der Waals surface area contributed by atoms with Gasteiger partial charge in [0.15, 0.2) is 5.83 Å².